The van der Waals surface area contributed by atoms with Gasteiger partial charge in [0.15, 0.2) is 0 Å². The predicted molar refractivity (Wildman–Crippen MR) is 76.4 cm³/mol. The number of hydrogen-bond acceptors (Lipinski definition) is 3. The van der Waals surface area contributed by atoms with Gasteiger partial charge in [-0.3, -0.25) is 4.90 Å². The van der Waals surface area contributed by atoms with E-state index in [1.807, 2.05) is 6.07 Å². The zero-order chi connectivity index (χ0) is 12.4. The predicted octanol–water partition coefficient (Wildman–Crippen LogP) is 2.56. The van der Waals surface area contributed by atoms with Crippen molar-refractivity contribution in [1.29, 1.82) is 0 Å². The molecule has 2 fully saturated rings. The lowest BCUT2D eigenvalue weighted by Crippen LogP contribution is -2.44. The molecule has 2 aliphatic rings. The quantitative estimate of drug-likeness (QED) is 0.870. The Bertz CT molecular complexity index is 410. The number of hydrogen-bond donors (Lipinski definition) is 1. The topological polar surface area (TPSA) is 28.2 Å². The summed E-state index contributed by atoms with van der Waals surface area (Å²) in [5.41, 5.74) is 1.12. The van der Waals surface area contributed by atoms with Crippen LogP contribution in [0.3, 0.4) is 0 Å². The molecule has 2 aliphatic heterocycles. The van der Waals surface area contributed by atoms with Crippen molar-refractivity contribution < 1.29 is 0 Å². The van der Waals surface area contributed by atoms with Crippen molar-refractivity contribution in [2.24, 2.45) is 0 Å². The van der Waals surface area contributed by atoms with Crippen LogP contribution in [-0.2, 0) is 6.54 Å². The normalized spacial score (nSPS) is 28.3. The lowest BCUT2D eigenvalue weighted by molar-refractivity contribution is 0.180. The van der Waals surface area contributed by atoms with E-state index in [4.69, 9.17) is 0 Å². The fourth-order valence-corrected chi connectivity index (χ4v) is 3.65. The van der Waals surface area contributed by atoms with Crippen LogP contribution >= 0.6 is 15.9 Å². The maximum absolute atomic E-state index is 4.48. The first-order valence-corrected chi connectivity index (χ1v) is 7.71. The molecule has 1 N–H and O–H groups in total. The van der Waals surface area contributed by atoms with Crippen LogP contribution in [0.15, 0.2) is 22.8 Å². The highest BCUT2D eigenvalue weighted by molar-refractivity contribution is 9.10. The molecule has 0 spiro atoms. The van der Waals surface area contributed by atoms with E-state index in [-0.39, 0.29) is 0 Å². The Morgan fingerprint density at radius 2 is 2.22 bits per heavy atom. The minimum Gasteiger partial charge on any atom is -0.307 e. The molecule has 0 amide bonds. The number of halogens is 1. The second-order valence-corrected chi connectivity index (χ2v) is 6.14. The first-order valence-electron chi connectivity index (χ1n) is 6.92. The molecule has 2 atom stereocenters. The minimum absolute atomic E-state index is 0.658. The third-order valence-electron chi connectivity index (χ3n) is 4.17. The zero-order valence-electron chi connectivity index (χ0n) is 10.6. The van der Waals surface area contributed by atoms with Gasteiger partial charge < -0.3 is 5.32 Å². The molecule has 3 rings (SSSR count). The van der Waals surface area contributed by atoms with Gasteiger partial charge in [0.05, 0.1) is 5.69 Å². The van der Waals surface area contributed by atoms with Gasteiger partial charge >= 0.3 is 0 Å². The van der Waals surface area contributed by atoms with Crippen molar-refractivity contribution in [3.63, 3.8) is 0 Å². The lowest BCUT2D eigenvalue weighted by atomic mass is 9.99. The molecule has 0 aromatic carbocycles. The van der Waals surface area contributed by atoms with Gasteiger partial charge in [-0.05, 0) is 53.9 Å². The Morgan fingerprint density at radius 1 is 1.28 bits per heavy atom. The van der Waals surface area contributed by atoms with Crippen LogP contribution in [0.2, 0.25) is 0 Å². The second-order valence-electron chi connectivity index (χ2n) is 5.33. The molecule has 18 heavy (non-hydrogen) atoms. The molecule has 3 heterocycles. The van der Waals surface area contributed by atoms with E-state index in [0.29, 0.717) is 6.04 Å². The van der Waals surface area contributed by atoms with Crippen molar-refractivity contribution >= 4 is 15.9 Å². The summed E-state index contributed by atoms with van der Waals surface area (Å²) in [5, 5.41) is 3.70. The van der Waals surface area contributed by atoms with Gasteiger partial charge in [0.1, 0.15) is 4.60 Å². The summed E-state index contributed by atoms with van der Waals surface area (Å²) in [5.74, 6) is 0. The number of rotatable bonds is 3. The largest absolute Gasteiger partial charge is 0.307 e. The summed E-state index contributed by atoms with van der Waals surface area (Å²) >= 11 is 3.42. The summed E-state index contributed by atoms with van der Waals surface area (Å²) < 4.78 is 0.924. The maximum Gasteiger partial charge on any atom is 0.106 e. The van der Waals surface area contributed by atoms with Crippen LogP contribution in [0, 0.1) is 0 Å². The van der Waals surface area contributed by atoms with E-state index >= 15 is 0 Å². The standard InChI is InChI=1S/C14H20BrN3/c15-14-6-3-4-11(17-14)10-16-12-7-9-18-8-2-1-5-13(12)18/h3-4,6,12-13,16H,1-2,5,7-10H2. The Labute approximate surface area is 117 Å². The number of piperidine rings is 1. The summed E-state index contributed by atoms with van der Waals surface area (Å²) in [6.07, 6.45) is 5.44. The maximum atomic E-state index is 4.48. The van der Waals surface area contributed by atoms with E-state index in [9.17, 15) is 0 Å². The number of pyridine rings is 1. The fourth-order valence-electron chi connectivity index (χ4n) is 3.27. The molecule has 2 saturated heterocycles. The number of aromatic nitrogens is 1. The van der Waals surface area contributed by atoms with E-state index in [1.165, 1.54) is 38.8 Å². The van der Waals surface area contributed by atoms with Crippen LogP contribution in [0.25, 0.3) is 0 Å². The molecule has 4 heteroatoms. The van der Waals surface area contributed by atoms with E-state index in [0.717, 1.165) is 22.9 Å². The van der Waals surface area contributed by atoms with Crippen molar-refractivity contribution in [2.45, 2.75) is 44.3 Å². The highest BCUT2D eigenvalue weighted by Gasteiger charge is 2.34. The van der Waals surface area contributed by atoms with Crippen LogP contribution in [0.4, 0.5) is 0 Å². The van der Waals surface area contributed by atoms with Gasteiger partial charge in [-0.1, -0.05) is 12.5 Å². The van der Waals surface area contributed by atoms with Crippen LogP contribution in [0.5, 0.6) is 0 Å². The van der Waals surface area contributed by atoms with Crippen molar-refractivity contribution in [2.75, 3.05) is 13.1 Å². The monoisotopic (exact) mass is 309 g/mol. The molecule has 0 saturated carbocycles. The van der Waals surface area contributed by atoms with Crippen molar-refractivity contribution in [3.8, 4) is 0 Å². The summed E-state index contributed by atoms with van der Waals surface area (Å²) in [7, 11) is 0. The number of fused-ring (bicyclic) bond motifs is 1. The molecule has 0 bridgehead atoms. The van der Waals surface area contributed by atoms with Gasteiger partial charge in [0, 0.05) is 25.2 Å². The average molecular weight is 310 g/mol. The Hall–Kier alpha value is -0.450. The molecule has 2 unspecified atom stereocenters. The molecule has 98 valence electrons. The van der Waals surface area contributed by atoms with Gasteiger partial charge in [0.25, 0.3) is 0 Å². The molecule has 3 nitrogen and oxygen atoms in total. The number of nitrogens with one attached hydrogen (secondary N) is 1. The van der Waals surface area contributed by atoms with E-state index in [1.54, 1.807) is 0 Å². The highest BCUT2D eigenvalue weighted by atomic mass is 79.9. The van der Waals surface area contributed by atoms with E-state index < -0.39 is 0 Å². The fraction of sp³-hybridized carbons (Fsp3) is 0.643. The molecule has 0 aliphatic carbocycles. The molecular weight excluding hydrogens is 290 g/mol. The smallest absolute Gasteiger partial charge is 0.106 e. The second kappa shape index (κ2) is 5.68. The SMILES string of the molecule is Brc1cccc(CNC2CCN3CCCCC23)n1. The Morgan fingerprint density at radius 3 is 3.11 bits per heavy atom. The lowest BCUT2D eigenvalue weighted by Gasteiger charge is -2.32. The molecule has 1 aromatic rings. The van der Waals surface area contributed by atoms with Gasteiger partial charge in [-0.15, -0.1) is 0 Å². The first kappa shape index (κ1) is 12.6. The summed E-state index contributed by atoms with van der Waals surface area (Å²) in [6, 6.07) is 7.54. The van der Waals surface area contributed by atoms with Crippen LogP contribution in [0.1, 0.15) is 31.4 Å². The highest BCUT2D eigenvalue weighted by Crippen LogP contribution is 2.27. The van der Waals surface area contributed by atoms with E-state index in [2.05, 4.69) is 43.3 Å². The first-order chi connectivity index (χ1) is 8.83. The third kappa shape index (κ3) is 2.76. The van der Waals surface area contributed by atoms with Crippen molar-refractivity contribution in [1.82, 2.24) is 15.2 Å². The van der Waals surface area contributed by atoms with Crippen LogP contribution in [-0.4, -0.2) is 35.1 Å². The van der Waals surface area contributed by atoms with Gasteiger partial charge in [-0.25, -0.2) is 4.98 Å². The number of nitrogens with zero attached hydrogens (tertiary/aromatic N) is 2. The Balaban J connectivity index is 1.57. The molecular formula is C14H20BrN3. The third-order valence-corrected chi connectivity index (χ3v) is 4.62. The van der Waals surface area contributed by atoms with Crippen LogP contribution < -0.4 is 5.32 Å². The summed E-state index contributed by atoms with van der Waals surface area (Å²) in [6.45, 7) is 3.46. The van der Waals surface area contributed by atoms with Gasteiger partial charge in [-0.2, -0.15) is 0 Å². The average Bonchev–Trinajstić information content (AvgIpc) is 2.80. The summed E-state index contributed by atoms with van der Waals surface area (Å²) in [4.78, 5) is 7.14. The minimum atomic E-state index is 0.658. The zero-order valence-corrected chi connectivity index (χ0v) is 12.2. The molecule has 0 radical (unpaired) electrons. The van der Waals surface area contributed by atoms with Crippen molar-refractivity contribution in [3.05, 3.63) is 28.5 Å². The molecule has 1 aromatic heterocycles. The Kier molecular flexibility index (Phi) is 3.97. The van der Waals surface area contributed by atoms with Gasteiger partial charge in [0.2, 0.25) is 0 Å².